The lowest BCUT2D eigenvalue weighted by Crippen LogP contribution is -2.28. The van der Waals surface area contributed by atoms with Crippen molar-refractivity contribution in [1.82, 2.24) is 15.1 Å². The van der Waals surface area contributed by atoms with Gasteiger partial charge < -0.3 is 5.32 Å². The molecule has 122 valence electrons. The molecule has 6 nitrogen and oxygen atoms in total. The first-order valence-corrected chi connectivity index (χ1v) is 9.76. The van der Waals surface area contributed by atoms with Gasteiger partial charge in [0.15, 0.2) is 9.84 Å². The molecule has 1 saturated carbocycles. The van der Waals surface area contributed by atoms with E-state index < -0.39 is 9.84 Å². The van der Waals surface area contributed by atoms with Crippen LogP contribution in [0.2, 0.25) is 0 Å². The molecule has 0 radical (unpaired) electrons. The normalized spacial score (nSPS) is 23.9. The number of carbonyl (C=O) groups is 1. The van der Waals surface area contributed by atoms with Crippen molar-refractivity contribution in [3.05, 3.63) is 17.5 Å². The number of carbonyl (C=O) groups excluding carboxylic acids is 1. The zero-order chi connectivity index (χ0) is 15.9. The molecule has 1 unspecified atom stereocenters. The van der Waals surface area contributed by atoms with Crippen LogP contribution in [-0.2, 0) is 9.84 Å². The summed E-state index contributed by atoms with van der Waals surface area (Å²) in [7, 11) is -2.96. The van der Waals surface area contributed by atoms with Crippen LogP contribution >= 0.6 is 0 Å². The van der Waals surface area contributed by atoms with Gasteiger partial charge in [0, 0.05) is 18.2 Å². The van der Waals surface area contributed by atoms with Gasteiger partial charge in [-0.1, -0.05) is 13.8 Å². The fourth-order valence-electron chi connectivity index (χ4n) is 2.85. The van der Waals surface area contributed by atoms with Gasteiger partial charge in [-0.05, 0) is 31.2 Å². The molecule has 1 saturated heterocycles. The molecule has 1 atom stereocenters. The van der Waals surface area contributed by atoms with E-state index in [9.17, 15) is 13.2 Å². The molecule has 2 fully saturated rings. The zero-order valence-electron chi connectivity index (χ0n) is 13.1. The molecule has 1 N–H and O–H groups in total. The van der Waals surface area contributed by atoms with Gasteiger partial charge in [-0.15, -0.1) is 0 Å². The molecule has 1 aliphatic heterocycles. The van der Waals surface area contributed by atoms with Crippen molar-refractivity contribution in [3.63, 3.8) is 0 Å². The first-order chi connectivity index (χ1) is 10.4. The van der Waals surface area contributed by atoms with E-state index >= 15 is 0 Å². The Morgan fingerprint density at radius 1 is 1.41 bits per heavy atom. The van der Waals surface area contributed by atoms with Crippen LogP contribution in [0, 0.1) is 5.92 Å². The van der Waals surface area contributed by atoms with Crippen molar-refractivity contribution in [2.75, 3.05) is 18.1 Å². The third kappa shape index (κ3) is 3.34. The number of nitrogens with one attached hydrogen (secondary N) is 1. The number of rotatable bonds is 5. The Kier molecular flexibility index (Phi) is 4.01. The molecule has 1 aromatic heterocycles. The van der Waals surface area contributed by atoms with E-state index in [1.54, 1.807) is 0 Å². The molecule has 1 aromatic rings. The van der Waals surface area contributed by atoms with Crippen molar-refractivity contribution in [3.8, 4) is 0 Å². The smallest absolute Gasteiger partial charge is 0.271 e. The van der Waals surface area contributed by atoms with Crippen LogP contribution in [0.1, 0.15) is 61.3 Å². The minimum Gasteiger partial charge on any atom is -0.350 e. The Balaban J connectivity index is 1.82. The first-order valence-electron chi connectivity index (χ1n) is 7.94. The van der Waals surface area contributed by atoms with E-state index in [0.717, 1.165) is 18.5 Å². The molecule has 2 heterocycles. The molecule has 0 bridgehead atoms. The van der Waals surface area contributed by atoms with Gasteiger partial charge in [-0.25, -0.2) is 8.42 Å². The van der Waals surface area contributed by atoms with Gasteiger partial charge in [0.25, 0.3) is 5.91 Å². The summed E-state index contributed by atoms with van der Waals surface area (Å²) < 4.78 is 25.2. The first kappa shape index (κ1) is 15.5. The van der Waals surface area contributed by atoms with E-state index in [4.69, 9.17) is 0 Å². The Hall–Kier alpha value is -1.37. The molecule has 3 rings (SSSR count). The highest BCUT2D eigenvalue weighted by atomic mass is 32.2. The van der Waals surface area contributed by atoms with Gasteiger partial charge in [0.2, 0.25) is 0 Å². The summed E-state index contributed by atoms with van der Waals surface area (Å²) in [6.45, 7) is 4.69. The maximum Gasteiger partial charge on any atom is 0.271 e. The van der Waals surface area contributed by atoms with Gasteiger partial charge in [-0.2, -0.15) is 5.10 Å². The lowest BCUT2D eigenvalue weighted by molar-refractivity contribution is 0.0943. The highest BCUT2D eigenvalue weighted by molar-refractivity contribution is 7.91. The number of aromatic nitrogens is 2. The minimum absolute atomic E-state index is 0.118. The Morgan fingerprint density at radius 3 is 2.68 bits per heavy atom. The largest absolute Gasteiger partial charge is 0.350 e. The average molecular weight is 325 g/mol. The fourth-order valence-corrected chi connectivity index (χ4v) is 4.54. The monoisotopic (exact) mass is 325 g/mol. The van der Waals surface area contributed by atoms with Crippen LogP contribution in [0.4, 0.5) is 0 Å². The van der Waals surface area contributed by atoms with Gasteiger partial charge in [0.1, 0.15) is 5.69 Å². The molecular weight excluding hydrogens is 302 g/mol. The van der Waals surface area contributed by atoms with Gasteiger partial charge >= 0.3 is 0 Å². The number of hydrogen-bond donors (Lipinski definition) is 1. The number of amides is 1. The molecule has 2 aliphatic rings. The summed E-state index contributed by atoms with van der Waals surface area (Å²) in [5, 5.41) is 7.31. The predicted octanol–water partition coefficient (Wildman–Crippen LogP) is 1.51. The molecule has 0 aromatic carbocycles. The predicted molar refractivity (Wildman–Crippen MR) is 83.7 cm³/mol. The van der Waals surface area contributed by atoms with E-state index in [0.29, 0.717) is 30.5 Å². The van der Waals surface area contributed by atoms with Crippen LogP contribution in [0.5, 0.6) is 0 Å². The summed E-state index contributed by atoms with van der Waals surface area (Å²) in [5.74, 6) is 1.00. The molecular formula is C15H23N3O3S. The van der Waals surface area contributed by atoms with Crippen LogP contribution in [0.25, 0.3) is 0 Å². The highest BCUT2D eigenvalue weighted by Crippen LogP contribution is 2.42. The van der Waals surface area contributed by atoms with Crippen LogP contribution in [0.3, 0.4) is 0 Å². The van der Waals surface area contributed by atoms with Crippen molar-refractivity contribution in [2.24, 2.45) is 5.92 Å². The summed E-state index contributed by atoms with van der Waals surface area (Å²) in [5.41, 5.74) is 1.43. The summed E-state index contributed by atoms with van der Waals surface area (Å²) >= 11 is 0. The van der Waals surface area contributed by atoms with Crippen LogP contribution in [-0.4, -0.2) is 42.2 Å². The Bertz CT molecular complexity index is 674. The lowest BCUT2D eigenvalue weighted by Gasteiger charge is -2.12. The zero-order valence-corrected chi connectivity index (χ0v) is 13.9. The van der Waals surface area contributed by atoms with Gasteiger partial charge in [-0.3, -0.25) is 9.48 Å². The SMILES string of the molecule is CC(C)CNC(=O)c1cc(C2CC2)n(C2CCS(=O)(=O)C2)n1. The topological polar surface area (TPSA) is 81.1 Å². The van der Waals surface area contributed by atoms with E-state index in [2.05, 4.69) is 10.4 Å². The molecule has 7 heteroatoms. The Labute approximate surface area is 131 Å². The van der Waals surface area contributed by atoms with Crippen molar-refractivity contribution >= 4 is 15.7 Å². The summed E-state index contributed by atoms with van der Waals surface area (Å²) in [4.78, 5) is 12.2. The van der Waals surface area contributed by atoms with E-state index in [1.165, 1.54) is 0 Å². The van der Waals surface area contributed by atoms with Crippen molar-refractivity contribution < 1.29 is 13.2 Å². The van der Waals surface area contributed by atoms with E-state index in [-0.39, 0.29) is 23.5 Å². The van der Waals surface area contributed by atoms with Crippen LogP contribution in [0.15, 0.2) is 6.07 Å². The summed E-state index contributed by atoms with van der Waals surface area (Å²) in [6.07, 6.45) is 2.78. The van der Waals surface area contributed by atoms with Gasteiger partial charge in [0.05, 0.1) is 17.5 Å². The number of hydrogen-bond acceptors (Lipinski definition) is 4. The number of nitrogens with zero attached hydrogens (tertiary/aromatic N) is 2. The fraction of sp³-hybridized carbons (Fsp3) is 0.733. The quantitative estimate of drug-likeness (QED) is 0.889. The molecule has 1 amide bonds. The second kappa shape index (κ2) is 5.68. The Morgan fingerprint density at radius 2 is 2.14 bits per heavy atom. The van der Waals surface area contributed by atoms with Crippen LogP contribution < -0.4 is 5.32 Å². The summed E-state index contributed by atoms with van der Waals surface area (Å²) in [6, 6.07) is 1.73. The van der Waals surface area contributed by atoms with E-state index in [1.807, 2.05) is 24.6 Å². The maximum absolute atomic E-state index is 12.2. The highest BCUT2D eigenvalue weighted by Gasteiger charge is 2.36. The molecule has 0 spiro atoms. The standard InChI is InChI=1S/C15H23N3O3S/c1-10(2)8-16-15(19)13-7-14(11-3-4-11)18(17-13)12-5-6-22(20,21)9-12/h7,10-12H,3-6,8-9H2,1-2H3,(H,16,19). The minimum atomic E-state index is -2.96. The maximum atomic E-state index is 12.2. The average Bonchev–Trinajstić information content (AvgIpc) is 3.09. The van der Waals surface area contributed by atoms with Crippen molar-refractivity contribution in [1.29, 1.82) is 0 Å². The van der Waals surface area contributed by atoms with Crippen molar-refractivity contribution in [2.45, 2.75) is 45.1 Å². The second-order valence-electron chi connectivity index (χ2n) is 6.83. The molecule has 1 aliphatic carbocycles. The third-order valence-electron chi connectivity index (χ3n) is 4.22. The number of sulfone groups is 1. The second-order valence-corrected chi connectivity index (χ2v) is 9.06. The molecule has 22 heavy (non-hydrogen) atoms. The third-order valence-corrected chi connectivity index (χ3v) is 5.97. The lowest BCUT2D eigenvalue weighted by atomic mass is 10.2.